The van der Waals surface area contributed by atoms with Crippen molar-refractivity contribution in [3.05, 3.63) is 28.8 Å². The molecule has 0 aromatic heterocycles. The highest BCUT2D eigenvalue weighted by Crippen LogP contribution is 2.22. The highest BCUT2D eigenvalue weighted by atomic mass is 35.5. The van der Waals surface area contributed by atoms with Gasteiger partial charge in [-0.1, -0.05) is 25.4 Å². The molecule has 0 aliphatic carbocycles. The number of benzene rings is 1. The summed E-state index contributed by atoms with van der Waals surface area (Å²) in [6.45, 7) is 4.58. The van der Waals surface area contributed by atoms with Gasteiger partial charge in [0.05, 0.1) is 10.6 Å². The SMILES string of the molecule is CC(C)(CO)CNc1ccc(C(N)=O)c(Cl)c1. The lowest BCUT2D eigenvalue weighted by Gasteiger charge is -2.22. The number of aliphatic hydroxyl groups excluding tert-OH is 1. The maximum absolute atomic E-state index is 11.0. The van der Waals surface area contributed by atoms with E-state index in [-0.39, 0.29) is 12.0 Å². The van der Waals surface area contributed by atoms with Gasteiger partial charge in [-0.2, -0.15) is 0 Å². The lowest BCUT2D eigenvalue weighted by Crippen LogP contribution is -2.26. The van der Waals surface area contributed by atoms with Crippen molar-refractivity contribution in [1.29, 1.82) is 0 Å². The van der Waals surface area contributed by atoms with E-state index in [1.807, 2.05) is 13.8 Å². The predicted octanol–water partition coefficient (Wildman–Crippen LogP) is 1.87. The van der Waals surface area contributed by atoms with Gasteiger partial charge in [0.1, 0.15) is 0 Å². The maximum atomic E-state index is 11.0. The zero-order chi connectivity index (χ0) is 13.1. The van der Waals surface area contributed by atoms with Gasteiger partial charge >= 0.3 is 0 Å². The zero-order valence-corrected chi connectivity index (χ0v) is 10.7. The summed E-state index contributed by atoms with van der Waals surface area (Å²) in [4.78, 5) is 11.0. The number of halogens is 1. The van der Waals surface area contributed by atoms with Gasteiger partial charge in [0.15, 0.2) is 0 Å². The molecule has 0 radical (unpaired) electrons. The number of primary amides is 1. The van der Waals surface area contributed by atoms with E-state index in [1.165, 1.54) is 0 Å². The molecule has 4 N–H and O–H groups in total. The van der Waals surface area contributed by atoms with Crippen LogP contribution in [0.3, 0.4) is 0 Å². The third kappa shape index (κ3) is 3.91. The van der Waals surface area contributed by atoms with Crippen LogP contribution in [-0.4, -0.2) is 24.2 Å². The molecule has 0 atom stereocenters. The molecule has 0 saturated carbocycles. The molecule has 0 fully saturated rings. The average molecular weight is 257 g/mol. The van der Waals surface area contributed by atoms with Crippen LogP contribution in [0.4, 0.5) is 5.69 Å². The van der Waals surface area contributed by atoms with Crippen molar-refractivity contribution < 1.29 is 9.90 Å². The molecule has 1 amide bonds. The van der Waals surface area contributed by atoms with Crippen LogP contribution in [0.1, 0.15) is 24.2 Å². The minimum absolute atomic E-state index is 0.0904. The van der Waals surface area contributed by atoms with Crippen LogP contribution >= 0.6 is 11.6 Å². The Hall–Kier alpha value is -1.26. The van der Waals surface area contributed by atoms with E-state index < -0.39 is 5.91 Å². The van der Waals surface area contributed by atoms with Crippen LogP contribution in [-0.2, 0) is 0 Å². The number of anilines is 1. The molecular formula is C12H17ClN2O2. The van der Waals surface area contributed by atoms with Crippen LogP contribution in [0.2, 0.25) is 5.02 Å². The Morgan fingerprint density at radius 2 is 2.18 bits per heavy atom. The monoisotopic (exact) mass is 256 g/mol. The third-order valence-corrected chi connectivity index (χ3v) is 2.75. The van der Waals surface area contributed by atoms with E-state index in [1.54, 1.807) is 18.2 Å². The van der Waals surface area contributed by atoms with Crippen molar-refractivity contribution in [1.82, 2.24) is 0 Å². The standard InChI is InChI=1S/C12H17ClN2O2/c1-12(2,7-16)6-15-8-3-4-9(11(14)17)10(13)5-8/h3-5,15-16H,6-7H2,1-2H3,(H2,14,17). The second-order valence-electron chi connectivity index (χ2n) is 4.73. The van der Waals surface area contributed by atoms with Crippen LogP contribution in [0.5, 0.6) is 0 Å². The summed E-state index contributed by atoms with van der Waals surface area (Å²) in [7, 11) is 0. The Balaban J connectivity index is 2.75. The predicted molar refractivity (Wildman–Crippen MR) is 69.3 cm³/mol. The number of nitrogens with one attached hydrogen (secondary N) is 1. The zero-order valence-electron chi connectivity index (χ0n) is 9.96. The number of rotatable bonds is 5. The fraction of sp³-hybridized carbons (Fsp3) is 0.417. The quantitative estimate of drug-likeness (QED) is 0.753. The van der Waals surface area contributed by atoms with Gasteiger partial charge in [0.25, 0.3) is 0 Å². The second kappa shape index (κ2) is 5.38. The molecule has 0 heterocycles. The van der Waals surface area contributed by atoms with Crippen LogP contribution in [0.15, 0.2) is 18.2 Å². The molecule has 5 heteroatoms. The first-order valence-corrected chi connectivity index (χ1v) is 5.67. The summed E-state index contributed by atoms with van der Waals surface area (Å²) in [5.74, 6) is -0.544. The Morgan fingerprint density at radius 3 is 2.65 bits per heavy atom. The van der Waals surface area contributed by atoms with Gasteiger partial charge in [-0.3, -0.25) is 4.79 Å². The molecule has 1 rings (SSSR count). The lowest BCUT2D eigenvalue weighted by molar-refractivity contribution is 0.100. The van der Waals surface area contributed by atoms with Gasteiger partial charge in [-0.05, 0) is 18.2 Å². The molecule has 1 aromatic carbocycles. The summed E-state index contributed by atoms with van der Waals surface area (Å²) in [5, 5.41) is 12.6. The number of aliphatic hydroxyl groups is 1. The molecule has 17 heavy (non-hydrogen) atoms. The Bertz CT molecular complexity index is 419. The maximum Gasteiger partial charge on any atom is 0.250 e. The number of hydrogen-bond donors (Lipinski definition) is 3. The van der Waals surface area contributed by atoms with Gasteiger partial charge in [0, 0.05) is 24.3 Å². The average Bonchev–Trinajstić information content (AvgIpc) is 2.26. The fourth-order valence-electron chi connectivity index (χ4n) is 1.22. The molecule has 1 aromatic rings. The van der Waals surface area contributed by atoms with E-state index in [0.29, 0.717) is 17.1 Å². The van der Waals surface area contributed by atoms with Crippen molar-refractivity contribution in [3.63, 3.8) is 0 Å². The molecular weight excluding hydrogens is 240 g/mol. The van der Waals surface area contributed by atoms with Crippen molar-refractivity contribution in [2.45, 2.75) is 13.8 Å². The highest BCUT2D eigenvalue weighted by molar-refractivity contribution is 6.34. The first kappa shape index (κ1) is 13.8. The minimum Gasteiger partial charge on any atom is -0.396 e. The van der Waals surface area contributed by atoms with Crippen molar-refractivity contribution in [3.8, 4) is 0 Å². The fourth-order valence-corrected chi connectivity index (χ4v) is 1.50. The van der Waals surface area contributed by atoms with E-state index in [2.05, 4.69) is 5.32 Å². The van der Waals surface area contributed by atoms with Gasteiger partial charge < -0.3 is 16.2 Å². The Morgan fingerprint density at radius 1 is 1.53 bits per heavy atom. The van der Waals surface area contributed by atoms with E-state index in [9.17, 15) is 4.79 Å². The largest absolute Gasteiger partial charge is 0.396 e. The lowest BCUT2D eigenvalue weighted by atomic mass is 9.95. The smallest absolute Gasteiger partial charge is 0.250 e. The molecule has 94 valence electrons. The topological polar surface area (TPSA) is 75.3 Å². The van der Waals surface area contributed by atoms with Crippen LogP contribution in [0.25, 0.3) is 0 Å². The molecule has 0 unspecified atom stereocenters. The first-order chi connectivity index (χ1) is 7.85. The number of amides is 1. The summed E-state index contributed by atoms with van der Waals surface area (Å²) < 4.78 is 0. The van der Waals surface area contributed by atoms with Gasteiger partial charge in [0.2, 0.25) is 5.91 Å². The third-order valence-electron chi connectivity index (χ3n) is 2.43. The van der Waals surface area contributed by atoms with Gasteiger partial charge in [-0.25, -0.2) is 0 Å². The van der Waals surface area contributed by atoms with Crippen LogP contribution < -0.4 is 11.1 Å². The number of hydrogen-bond acceptors (Lipinski definition) is 3. The van der Waals surface area contributed by atoms with Crippen molar-refractivity contribution in [2.75, 3.05) is 18.5 Å². The second-order valence-corrected chi connectivity index (χ2v) is 5.14. The first-order valence-electron chi connectivity index (χ1n) is 5.30. The molecule has 0 bridgehead atoms. The Kier molecular flexibility index (Phi) is 4.37. The minimum atomic E-state index is -0.544. The summed E-state index contributed by atoms with van der Waals surface area (Å²) in [6, 6.07) is 4.97. The number of carbonyl (C=O) groups excluding carboxylic acids is 1. The van der Waals surface area contributed by atoms with E-state index in [4.69, 9.17) is 22.4 Å². The van der Waals surface area contributed by atoms with Gasteiger partial charge in [-0.15, -0.1) is 0 Å². The molecule has 0 saturated heterocycles. The summed E-state index contributed by atoms with van der Waals surface area (Å²) >= 11 is 5.92. The van der Waals surface area contributed by atoms with Crippen molar-refractivity contribution >= 4 is 23.2 Å². The number of carbonyl (C=O) groups is 1. The van der Waals surface area contributed by atoms with E-state index >= 15 is 0 Å². The summed E-state index contributed by atoms with van der Waals surface area (Å²) in [5.41, 5.74) is 6.04. The molecule has 4 nitrogen and oxygen atoms in total. The highest BCUT2D eigenvalue weighted by Gasteiger charge is 2.16. The molecule has 0 aliphatic rings. The normalized spacial score (nSPS) is 11.3. The Labute approximate surface area is 106 Å². The van der Waals surface area contributed by atoms with E-state index in [0.717, 1.165) is 5.69 Å². The van der Waals surface area contributed by atoms with Crippen molar-refractivity contribution in [2.24, 2.45) is 11.1 Å². The summed E-state index contributed by atoms with van der Waals surface area (Å²) in [6.07, 6.45) is 0. The van der Waals surface area contributed by atoms with Crippen LogP contribution in [0, 0.1) is 5.41 Å². The molecule has 0 aliphatic heterocycles. The molecule has 0 spiro atoms. The number of nitrogens with two attached hydrogens (primary N) is 1.